The highest BCUT2D eigenvalue weighted by atomic mass is 19.1. The minimum atomic E-state index is -1.36. The second-order valence-corrected chi connectivity index (χ2v) is 14.0. The Morgan fingerprint density at radius 1 is 1.08 bits per heavy atom. The topological polar surface area (TPSA) is 119 Å². The molecule has 1 aliphatic heterocycles. The molecule has 290 valence electrons. The molecule has 2 N–H and O–H groups in total. The first-order chi connectivity index (χ1) is 25.9. The fraction of sp³-hybridized carbons (Fsp3) is 0.571. The maximum Gasteiger partial charge on any atom is 0.410 e. The van der Waals surface area contributed by atoms with Crippen molar-refractivity contribution in [3.8, 4) is 11.5 Å². The number of carbonyl (C=O) groups excluding carboxylic acids is 1. The van der Waals surface area contributed by atoms with Gasteiger partial charge in [-0.1, -0.05) is 55.3 Å². The summed E-state index contributed by atoms with van der Waals surface area (Å²) < 4.78 is 40.6. The molecule has 0 aromatic heterocycles. The number of aliphatic hydroxyl groups excluding tert-OH is 2. The highest BCUT2D eigenvalue weighted by Crippen LogP contribution is 2.62. The lowest BCUT2D eigenvalue weighted by Crippen LogP contribution is -2.70. The molecule has 2 aliphatic carbocycles. The van der Waals surface area contributed by atoms with E-state index in [9.17, 15) is 19.4 Å². The van der Waals surface area contributed by atoms with Gasteiger partial charge in [0.15, 0.2) is 0 Å². The average molecular weight is 737 g/mol. The number of hydrogen-bond acceptors (Lipinski definition) is 9. The largest absolute Gasteiger partial charge is 0.489 e. The zero-order valence-corrected chi connectivity index (χ0v) is 31.5. The molecule has 1 fully saturated rings. The number of halogens is 1. The zero-order chi connectivity index (χ0) is 37.8. The number of oxime groups is 1. The summed E-state index contributed by atoms with van der Waals surface area (Å²) in [6.07, 6.45) is 9.17. The van der Waals surface area contributed by atoms with E-state index in [-0.39, 0.29) is 56.6 Å². The van der Waals surface area contributed by atoms with Crippen LogP contribution in [-0.2, 0) is 20.9 Å². The maximum atomic E-state index is 14.6. The summed E-state index contributed by atoms with van der Waals surface area (Å²) in [6, 6.07) is 11.7. The van der Waals surface area contributed by atoms with Crippen LogP contribution in [0, 0.1) is 23.6 Å². The number of hydrogen-bond donors (Lipinski definition) is 2. The van der Waals surface area contributed by atoms with Crippen molar-refractivity contribution >= 4 is 11.8 Å². The molecular weight excluding hydrogens is 679 g/mol. The zero-order valence-electron chi connectivity index (χ0n) is 31.5. The van der Waals surface area contributed by atoms with Gasteiger partial charge in [-0.25, -0.2) is 9.18 Å². The maximum absolute atomic E-state index is 14.6. The summed E-state index contributed by atoms with van der Waals surface area (Å²) >= 11 is 0. The summed E-state index contributed by atoms with van der Waals surface area (Å²) in [4.78, 5) is 21.3. The summed E-state index contributed by atoms with van der Waals surface area (Å²) in [6.45, 7) is 11.1. The summed E-state index contributed by atoms with van der Waals surface area (Å²) in [5, 5.41) is 24.3. The Labute approximate surface area is 313 Å². The Kier molecular flexibility index (Phi) is 14.7. The smallest absolute Gasteiger partial charge is 0.410 e. The van der Waals surface area contributed by atoms with Crippen molar-refractivity contribution in [2.24, 2.45) is 22.9 Å². The SMILES string of the molecule is C=CCO[C@@]12Oc3ccc(OCc4ccccc4F)cc3[C@H]3[C@H](CCCCO)[C@@H](CCCCO)C=C(C(=NOCC)C[C@@H]1N(CCC)C(=O)OCC)[C@H]32. The molecular formula is C42H57FN2O8. The van der Waals surface area contributed by atoms with Gasteiger partial charge in [-0.3, -0.25) is 4.90 Å². The Morgan fingerprint density at radius 3 is 2.55 bits per heavy atom. The monoisotopic (exact) mass is 736 g/mol. The third-order valence-corrected chi connectivity index (χ3v) is 10.6. The number of nitrogens with zero attached hydrogens (tertiary/aromatic N) is 2. The lowest BCUT2D eigenvalue weighted by Gasteiger charge is -2.59. The first-order valence-corrected chi connectivity index (χ1v) is 19.4. The highest BCUT2D eigenvalue weighted by molar-refractivity contribution is 6.02. The molecule has 5 rings (SSSR count). The van der Waals surface area contributed by atoms with Gasteiger partial charge in [0.25, 0.3) is 0 Å². The molecule has 11 heteroatoms. The Morgan fingerprint density at radius 2 is 1.85 bits per heavy atom. The lowest BCUT2D eigenvalue weighted by molar-refractivity contribution is -0.255. The Hall–Kier alpha value is -3.93. The molecule has 1 saturated carbocycles. The van der Waals surface area contributed by atoms with E-state index in [2.05, 4.69) is 12.7 Å². The van der Waals surface area contributed by atoms with Crippen molar-refractivity contribution in [2.75, 3.05) is 39.6 Å². The van der Waals surface area contributed by atoms with Crippen LogP contribution in [0.4, 0.5) is 9.18 Å². The van der Waals surface area contributed by atoms with Gasteiger partial charge in [0.1, 0.15) is 36.6 Å². The second kappa shape index (κ2) is 19.4. The van der Waals surface area contributed by atoms with Crippen LogP contribution in [0.15, 0.2) is 71.9 Å². The minimum absolute atomic E-state index is 0.0560. The summed E-state index contributed by atoms with van der Waals surface area (Å²) in [7, 11) is 0. The van der Waals surface area contributed by atoms with Gasteiger partial charge >= 0.3 is 6.09 Å². The van der Waals surface area contributed by atoms with Crippen LogP contribution in [0.1, 0.15) is 89.2 Å². The molecule has 2 aromatic carbocycles. The van der Waals surface area contributed by atoms with Gasteiger partial charge in [0.05, 0.1) is 24.8 Å². The average Bonchev–Trinajstić information content (AvgIpc) is 3.16. The first kappa shape index (κ1) is 40.3. The minimum Gasteiger partial charge on any atom is -0.489 e. The van der Waals surface area contributed by atoms with Crippen molar-refractivity contribution in [2.45, 2.75) is 96.5 Å². The molecule has 6 atom stereocenters. The van der Waals surface area contributed by atoms with Crippen LogP contribution in [-0.4, -0.2) is 78.3 Å². The normalized spacial score (nSPS) is 25.1. The van der Waals surface area contributed by atoms with Crippen molar-refractivity contribution in [3.05, 3.63) is 83.7 Å². The fourth-order valence-corrected chi connectivity index (χ4v) is 8.48. The van der Waals surface area contributed by atoms with E-state index in [0.717, 1.165) is 42.5 Å². The van der Waals surface area contributed by atoms with Crippen LogP contribution >= 0.6 is 0 Å². The van der Waals surface area contributed by atoms with E-state index in [0.29, 0.717) is 55.9 Å². The molecule has 3 aliphatic rings. The third-order valence-electron chi connectivity index (χ3n) is 10.6. The number of ether oxygens (including phenoxy) is 4. The van der Waals surface area contributed by atoms with Crippen LogP contribution in [0.25, 0.3) is 0 Å². The van der Waals surface area contributed by atoms with E-state index in [1.54, 1.807) is 36.1 Å². The lowest BCUT2D eigenvalue weighted by atomic mass is 9.55. The number of fused-ring (bicyclic) bond motifs is 2. The van der Waals surface area contributed by atoms with Gasteiger partial charge in [0, 0.05) is 43.2 Å². The van der Waals surface area contributed by atoms with Crippen molar-refractivity contribution in [1.29, 1.82) is 0 Å². The Balaban J connectivity index is 1.74. The van der Waals surface area contributed by atoms with Crippen molar-refractivity contribution in [1.82, 2.24) is 4.90 Å². The number of allylic oxidation sites excluding steroid dienone is 1. The van der Waals surface area contributed by atoms with Gasteiger partial charge in [-0.2, -0.15) is 0 Å². The van der Waals surface area contributed by atoms with Crippen LogP contribution in [0.2, 0.25) is 0 Å². The molecule has 0 spiro atoms. The highest BCUT2D eigenvalue weighted by Gasteiger charge is 2.65. The van der Waals surface area contributed by atoms with Crippen molar-refractivity contribution in [3.63, 3.8) is 0 Å². The van der Waals surface area contributed by atoms with Gasteiger partial charge in [-0.05, 0) is 87.6 Å². The summed E-state index contributed by atoms with van der Waals surface area (Å²) in [5.41, 5.74) is 3.07. The quantitative estimate of drug-likeness (QED) is 0.0800. The van der Waals surface area contributed by atoms with E-state index in [1.165, 1.54) is 6.07 Å². The second-order valence-electron chi connectivity index (χ2n) is 14.0. The summed E-state index contributed by atoms with van der Waals surface area (Å²) in [5.74, 6) is -0.954. The van der Waals surface area contributed by atoms with Gasteiger partial charge < -0.3 is 34.0 Å². The van der Waals surface area contributed by atoms with Crippen LogP contribution < -0.4 is 9.47 Å². The predicted octanol–water partition coefficient (Wildman–Crippen LogP) is 7.93. The first-order valence-electron chi connectivity index (χ1n) is 19.4. The number of benzene rings is 2. The molecule has 1 amide bonds. The van der Waals surface area contributed by atoms with Crippen LogP contribution in [0.5, 0.6) is 11.5 Å². The third kappa shape index (κ3) is 8.90. The molecule has 0 saturated heterocycles. The van der Waals surface area contributed by atoms with Crippen molar-refractivity contribution < 1.29 is 43.2 Å². The van der Waals surface area contributed by atoms with E-state index < -0.39 is 23.8 Å². The molecule has 53 heavy (non-hydrogen) atoms. The fourth-order valence-electron chi connectivity index (χ4n) is 8.48. The van der Waals surface area contributed by atoms with E-state index in [1.807, 2.05) is 32.0 Å². The molecule has 10 nitrogen and oxygen atoms in total. The number of rotatable bonds is 20. The van der Waals surface area contributed by atoms with Crippen LogP contribution in [0.3, 0.4) is 0 Å². The molecule has 0 bridgehead atoms. The molecule has 0 radical (unpaired) electrons. The van der Waals surface area contributed by atoms with E-state index >= 15 is 0 Å². The standard InChI is InChI=1S/C42H57FN2O8/c1-5-21-45(41(48)49-7-3)38-27-36(44-52-8-4)33-25-29(15-11-13-22-46)32(17-12-14-23-47)39-34-26-31(50-28-30-16-9-10-18-35(30)43)19-20-37(34)53-42(38,40(33)39)51-24-6-2/h6,9-10,16,18-20,25-26,29,32,38-40,46-47H,2,5,7-8,11-15,17,21-24,27-28H2,1,3-4H3/t29-,32+,38-,39+,40+,42+/m0/s1. The number of carbonyl (C=O) groups is 1. The van der Waals surface area contributed by atoms with Gasteiger partial charge in [-0.15, -0.1) is 6.58 Å². The number of unbranched alkanes of at least 4 members (excludes halogenated alkanes) is 2. The van der Waals surface area contributed by atoms with Gasteiger partial charge in [0.2, 0.25) is 5.79 Å². The number of aliphatic hydroxyl groups is 2. The number of amides is 1. The molecule has 1 heterocycles. The molecule has 2 aromatic rings. The van der Waals surface area contributed by atoms with E-state index in [4.69, 9.17) is 28.9 Å². The Bertz CT molecular complexity index is 1580. The molecule has 0 unspecified atom stereocenters. The predicted molar refractivity (Wildman–Crippen MR) is 201 cm³/mol.